The van der Waals surface area contributed by atoms with Crippen molar-refractivity contribution in [2.45, 2.75) is 64.5 Å². The Labute approximate surface area is 139 Å². The molecule has 0 amide bonds. The first-order valence-corrected chi connectivity index (χ1v) is 8.72. The number of nitrogens with zero attached hydrogens (tertiary/aromatic N) is 1. The van der Waals surface area contributed by atoms with Crippen LogP contribution in [0, 0.1) is 0 Å². The summed E-state index contributed by atoms with van der Waals surface area (Å²) in [5, 5.41) is 13.0. The number of unbranched alkanes of at least 4 members (excludes halogenated alkanes) is 1. The maximum Gasteiger partial charge on any atom is 0.323 e. The van der Waals surface area contributed by atoms with Gasteiger partial charge in [-0.05, 0) is 50.3 Å². The van der Waals surface area contributed by atoms with Gasteiger partial charge in [-0.2, -0.15) is 0 Å². The summed E-state index contributed by atoms with van der Waals surface area (Å²) in [6.07, 6.45) is 4.89. The van der Waals surface area contributed by atoms with Crippen molar-refractivity contribution < 1.29 is 9.90 Å². The summed E-state index contributed by atoms with van der Waals surface area (Å²) in [6.45, 7) is 7.02. The number of rotatable bonds is 7. The Morgan fingerprint density at radius 1 is 1.48 bits per heavy atom. The first-order valence-electron chi connectivity index (χ1n) is 8.72. The molecule has 23 heavy (non-hydrogen) atoms. The molecule has 0 aromatic heterocycles. The topological polar surface area (TPSA) is 52.6 Å². The van der Waals surface area contributed by atoms with Crippen molar-refractivity contribution >= 4 is 11.7 Å². The van der Waals surface area contributed by atoms with E-state index in [4.69, 9.17) is 0 Å². The normalized spacial score (nSPS) is 18.2. The minimum absolute atomic E-state index is 0.00795. The van der Waals surface area contributed by atoms with Gasteiger partial charge in [0.15, 0.2) is 0 Å². The quantitative estimate of drug-likeness (QED) is 0.804. The average Bonchev–Trinajstić information content (AvgIpc) is 2.53. The van der Waals surface area contributed by atoms with Crippen LogP contribution in [0.1, 0.15) is 63.6 Å². The van der Waals surface area contributed by atoms with E-state index in [1.165, 1.54) is 17.7 Å². The molecule has 1 heterocycles. The van der Waals surface area contributed by atoms with E-state index in [1.54, 1.807) is 6.92 Å². The van der Waals surface area contributed by atoms with E-state index < -0.39 is 11.5 Å². The molecule has 2 N–H and O–H groups in total. The summed E-state index contributed by atoms with van der Waals surface area (Å²) >= 11 is 0. The van der Waals surface area contributed by atoms with Crippen LogP contribution in [0.5, 0.6) is 0 Å². The number of nitrogens with one attached hydrogen (secondary N) is 1. The van der Waals surface area contributed by atoms with E-state index in [0.29, 0.717) is 6.42 Å². The Morgan fingerprint density at radius 3 is 2.87 bits per heavy atom. The SMILES string of the molecule is CCCCC(C)(NC(C)c1ccc2c(c1)N(C)CCC2)C(=O)O. The summed E-state index contributed by atoms with van der Waals surface area (Å²) in [5.41, 5.74) is 2.95. The van der Waals surface area contributed by atoms with Crippen LogP contribution >= 0.6 is 0 Å². The van der Waals surface area contributed by atoms with Crippen LogP contribution in [0.2, 0.25) is 0 Å². The van der Waals surface area contributed by atoms with Crippen LogP contribution in [-0.2, 0) is 11.2 Å². The minimum Gasteiger partial charge on any atom is -0.480 e. The highest BCUT2D eigenvalue weighted by molar-refractivity contribution is 5.78. The molecule has 0 aliphatic carbocycles. The molecular formula is C19H30N2O2. The van der Waals surface area contributed by atoms with Crippen LogP contribution in [0.4, 0.5) is 5.69 Å². The van der Waals surface area contributed by atoms with E-state index in [2.05, 4.69) is 49.3 Å². The Balaban J connectivity index is 2.17. The van der Waals surface area contributed by atoms with Gasteiger partial charge in [-0.1, -0.05) is 31.9 Å². The van der Waals surface area contributed by atoms with Crippen LogP contribution in [0.25, 0.3) is 0 Å². The number of anilines is 1. The summed E-state index contributed by atoms with van der Waals surface area (Å²) in [5.74, 6) is -0.770. The van der Waals surface area contributed by atoms with E-state index >= 15 is 0 Å². The fourth-order valence-electron chi connectivity index (χ4n) is 3.38. The summed E-state index contributed by atoms with van der Waals surface area (Å²) in [7, 11) is 2.13. The van der Waals surface area contributed by atoms with Gasteiger partial charge in [0.1, 0.15) is 5.54 Å². The highest BCUT2D eigenvalue weighted by Crippen LogP contribution is 2.30. The number of carboxylic acids is 1. The highest BCUT2D eigenvalue weighted by Gasteiger charge is 2.33. The number of carboxylic acid groups (broad SMARTS) is 1. The van der Waals surface area contributed by atoms with E-state index in [1.807, 2.05) is 0 Å². The molecular weight excluding hydrogens is 288 g/mol. The maximum absolute atomic E-state index is 11.7. The van der Waals surface area contributed by atoms with Crippen LogP contribution in [0.3, 0.4) is 0 Å². The molecule has 1 aliphatic heterocycles. The van der Waals surface area contributed by atoms with Crippen molar-refractivity contribution in [1.82, 2.24) is 5.32 Å². The molecule has 4 heteroatoms. The van der Waals surface area contributed by atoms with Crippen LogP contribution in [-0.4, -0.2) is 30.2 Å². The van der Waals surface area contributed by atoms with Crippen molar-refractivity contribution in [1.29, 1.82) is 0 Å². The van der Waals surface area contributed by atoms with E-state index in [0.717, 1.165) is 31.4 Å². The zero-order chi connectivity index (χ0) is 17.0. The predicted octanol–water partition coefficient (Wildman–Crippen LogP) is 3.75. The van der Waals surface area contributed by atoms with Gasteiger partial charge < -0.3 is 10.0 Å². The molecule has 128 valence electrons. The standard InChI is InChI=1S/C19H30N2O2/c1-5-6-11-19(3,18(22)23)20-14(2)16-10-9-15-8-7-12-21(4)17(15)13-16/h9-10,13-14,20H,5-8,11-12H2,1-4H3,(H,22,23). The number of hydrogen-bond acceptors (Lipinski definition) is 3. The molecule has 1 aromatic rings. The monoisotopic (exact) mass is 318 g/mol. The molecule has 1 aromatic carbocycles. The Kier molecular flexibility index (Phi) is 5.69. The number of carbonyl (C=O) groups is 1. The number of hydrogen-bond donors (Lipinski definition) is 2. The van der Waals surface area contributed by atoms with Gasteiger partial charge in [0, 0.05) is 25.3 Å². The molecule has 0 spiro atoms. The van der Waals surface area contributed by atoms with Crippen molar-refractivity contribution in [3.05, 3.63) is 29.3 Å². The Bertz CT molecular complexity index is 558. The molecule has 0 saturated heterocycles. The third-order valence-electron chi connectivity index (χ3n) is 5.00. The molecule has 0 fully saturated rings. The molecule has 0 radical (unpaired) electrons. The molecule has 1 aliphatic rings. The van der Waals surface area contributed by atoms with Gasteiger partial charge in [-0.25, -0.2) is 0 Å². The van der Waals surface area contributed by atoms with E-state index in [-0.39, 0.29) is 6.04 Å². The lowest BCUT2D eigenvalue weighted by molar-refractivity contribution is -0.144. The van der Waals surface area contributed by atoms with Crippen molar-refractivity contribution in [3.63, 3.8) is 0 Å². The van der Waals surface area contributed by atoms with Crippen LogP contribution < -0.4 is 10.2 Å². The fraction of sp³-hybridized carbons (Fsp3) is 0.632. The first-order chi connectivity index (χ1) is 10.9. The summed E-state index contributed by atoms with van der Waals surface area (Å²) in [4.78, 5) is 14.0. The number of aryl methyl sites for hydroxylation is 1. The molecule has 4 nitrogen and oxygen atoms in total. The largest absolute Gasteiger partial charge is 0.480 e. The lowest BCUT2D eigenvalue weighted by Crippen LogP contribution is -2.50. The summed E-state index contributed by atoms with van der Waals surface area (Å²) < 4.78 is 0. The van der Waals surface area contributed by atoms with E-state index in [9.17, 15) is 9.90 Å². The third-order valence-corrected chi connectivity index (χ3v) is 5.00. The summed E-state index contributed by atoms with van der Waals surface area (Å²) in [6, 6.07) is 6.56. The maximum atomic E-state index is 11.7. The predicted molar refractivity (Wildman–Crippen MR) is 95.1 cm³/mol. The number of benzene rings is 1. The van der Waals surface area contributed by atoms with Gasteiger partial charge >= 0.3 is 5.97 Å². The second kappa shape index (κ2) is 7.35. The van der Waals surface area contributed by atoms with Gasteiger partial charge in [0.05, 0.1) is 0 Å². The van der Waals surface area contributed by atoms with Crippen molar-refractivity contribution in [2.24, 2.45) is 0 Å². The minimum atomic E-state index is -0.878. The molecule has 0 saturated carbocycles. The number of aliphatic carboxylic acids is 1. The van der Waals surface area contributed by atoms with Crippen molar-refractivity contribution in [3.8, 4) is 0 Å². The Morgan fingerprint density at radius 2 is 2.22 bits per heavy atom. The number of fused-ring (bicyclic) bond motifs is 1. The van der Waals surface area contributed by atoms with Gasteiger partial charge in [-0.15, -0.1) is 0 Å². The van der Waals surface area contributed by atoms with Crippen molar-refractivity contribution in [2.75, 3.05) is 18.5 Å². The molecule has 2 unspecified atom stereocenters. The zero-order valence-corrected chi connectivity index (χ0v) is 14.9. The van der Waals surface area contributed by atoms with Gasteiger partial charge in [0.2, 0.25) is 0 Å². The Hall–Kier alpha value is -1.55. The first kappa shape index (κ1) is 17.8. The second-order valence-corrected chi connectivity index (χ2v) is 7.02. The van der Waals surface area contributed by atoms with Gasteiger partial charge in [0.25, 0.3) is 0 Å². The molecule has 2 atom stereocenters. The fourth-order valence-corrected chi connectivity index (χ4v) is 3.38. The molecule has 2 rings (SSSR count). The lowest BCUT2D eigenvalue weighted by atomic mass is 9.92. The zero-order valence-electron chi connectivity index (χ0n) is 14.9. The smallest absolute Gasteiger partial charge is 0.323 e. The van der Waals surface area contributed by atoms with Gasteiger partial charge in [-0.3, -0.25) is 10.1 Å². The lowest BCUT2D eigenvalue weighted by Gasteiger charge is -2.32. The van der Waals surface area contributed by atoms with Crippen LogP contribution in [0.15, 0.2) is 18.2 Å². The highest BCUT2D eigenvalue weighted by atomic mass is 16.4. The third kappa shape index (κ3) is 4.05. The molecule has 0 bridgehead atoms. The second-order valence-electron chi connectivity index (χ2n) is 7.02. The average molecular weight is 318 g/mol.